The van der Waals surface area contributed by atoms with Gasteiger partial charge in [-0.15, -0.1) is 0 Å². The summed E-state index contributed by atoms with van der Waals surface area (Å²) in [5.74, 6) is -0.564. The molecule has 10 nitrogen and oxygen atoms in total. The van der Waals surface area contributed by atoms with Crippen LogP contribution in [0, 0.1) is 23.2 Å². The molecule has 0 aromatic carbocycles. The van der Waals surface area contributed by atoms with Crippen molar-refractivity contribution in [2.75, 3.05) is 31.6 Å². The highest BCUT2D eigenvalue weighted by Gasteiger charge is 2.35. The molecule has 1 aromatic heterocycles. The van der Waals surface area contributed by atoms with Crippen molar-refractivity contribution in [3.63, 3.8) is 0 Å². The molecule has 1 aliphatic rings. The number of hydrogen-bond donors (Lipinski definition) is 6. The molecule has 1 saturated heterocycles. The van der Waals surface area contributed by atoms with Crippen LogP contribution in [0.1, 0.15) is 6.42 Å². The van der Waals surface area contributed by atoms with Crippen LogP contribution in [-0.4, -0.2) is 54.6 Å². The number of aromatic nitrogens is 1. The minimum absolute atomic E-state index is 0.0960. The lowest BCUT2D eigenvalue weighted by molar-refractivity contribution is -0.122. The van der Waals surface area contributed by atoms with Gasteiger partial charge in [0.2, 0.25) is 5.91 Å². The molecule has 0 radical (unpaired) electrons. The van der Waals surface area contributed by atoms with E-state index in [4.69, 9.17) is 26.6 Å². The second-order valence-corrected chi connectivity index (χ2v) is 6.06. The molecule has 1 atom stereocenters. The quantitative estimate of drug-likeness (QED) is 0.294. The Bertz CT molecular complexity index is 627. The predicted molar refractivity (Wildman–Crippen MR) is 94.6 cm³/mol. The highest BCUT2D eigenvalue weighted by Crippen LogP contribution is 2.23. The van der Waals surface area contributed by atoms with Gasteiger partial charge in [-0.2, -0.15) is 5.26 Å². The molecular weight excluding hydrogens is 338 g/mol. The summed E-state index contributed by atoms with van der Waals surface area (Å²) in [5, 5.41) is 26.8. The molecule has 26 heavy (non-hydrogen) atoms. The minimum Gasteiger partial charge on any atom is -0.489 e. The molecule has 142 valence electrons. The molecule has 1 amide bonds. The van der Waals surface area contributed by atoms with Crippen LogP contribution in [-0.2, 0) is 4.79 Å². The Hall–Kier alpha value is -2.29. The maximum Gasteiger partial charge on any atom is 0.233 e. The van der Waals surface area contributed by atoms with Crippen LogP contribution in [0.25, 0.3) is 0 Å². The number of nitrogens with one attached hydrogen (secondary N) is 3. The highest BCUT2D eigenvalue weighted by atomic mass is 16.5. The van der Waals surface area contributed by atoms with Gasteiger partial charge in [-0.05, 0) is 5.92 Å². The number of aliphatic hydroxyl groups is 1. The average Bonchev–Trinajstić information content (AvgIpc) is 2.62. The molecule has 1 fully saturated rings. The van der Waals surface area contributed by atoms with E-state index < -0.39 is 18.2 Å². The molecule has 10 heteroatoms. The van der Waals surface area contributed by atoms with E-state index >= 15 is 0 Å². The van der Waals surface area contributed by atoms with E-state index in [-0.39, 0.29) is 25.0 Å². The van der Waals surface area contributed by atoms with Crippen LogP contribution >= 0.6 is 0 Å². The number of hydrogen-bond acceptors (Lipinski definition) is 9. The normalized spacial score (nSPS) is 21.0. The Labute approximate surface area is 151 Å². The first-order chi connectivity index (χ1) is 12.6. The SMILES string of the molecule is N#CCC1CNC(C(C(=O)Nc2cnccc2OCCO)C(N)N)NC1. The standard InChI is InChI=1S/C16H25N7O3/c17-3-1-10-7-21-15(22-8-10)13(14(18)19)16(25)23-11-9-20-4-2-12(11)26-6-5-24/h2,4,9-10,13-15,21-22,24H,1,5-8,18-19H2,(H,23,25). The molecule has 0 bridgehead atoms. The summed E-state index contributed by atoms with van der Waals surface area (Å²) in [4.78, 5) is 16.7. The van der Waals surface area contributed by atoms with Crippen LogP contribution in [0.15, 0.2) is 18.5 Å². The van der Waals surface area contributed by atoms with Gasteiger partial charge in [0.1, 0.15) is 18.0 Å². The highest BCUT2D eigenvalue weighted by molar-refractivity contribution is 5.94. The summed E-state index contributed by atoms with van der Waals surface area (Å²) in [7, 11) is 0. The molecule has 1 unspecified atom stereocenters. The summed E-state index contributed by atoms with van der Waals surface area (Å²) >= 11 is 0. The number of nitrogens with two attached hydrogens (primary N) is 2. The topological polar surface area (TPSA) is 171 Å². The number of nitrogens with zero attached hydrogens (tertiary/aromatic N) is 2. The van der Waals surface area contributed by atoms with E-state index in [1.165, 1.54) is 12.4 Å². The van der Waals surface area contributed by atoms with Gasteiger partial charge in [-0.1, -0.05) is 0 Å². The van der Waals surface area contributed by atoms with Crippen molar-refractivity contribution >= 4 is 11.6 Å². The van der Waals surface area contributed by atoms with Gasteiger partial charge in [0.05, 0.1) is 37.1 Å². The second kappa shape index (κ2) is 10.0. The number of pyridine rings is 1. The molecule has 0 spiro atoms. The lowest BCUT2D eigenvalue weighted by Gasteiger charge is -2.36. The van der Waals surface area contributed by atoms with E-state index in [0.29, 0.717) is 30.9 Å². The number of ether oxygens (including phenoxy) is 1. The van der Waals surface area contributed by atoms with Crippen LogP contribution in [0.5, 0.6) is 5.75 Å². The minimum atomic E-state index is -0.897. The third-order valence-corrected chi connectivity index (χ3v) is 4.10. The zero-order valence-corrected chi connectivity index (χ0v) is 14.4. The Balaban J connectivity index is 2.05. The van der Waals surface area contributed by atoms with Crippen molar-refractivity contribution in [2.45, 2.75) is 18.8 Å². The van der Waals surface area contributed by atoms with Crippen molar-refractivity contribution < 1.29 is 14.6 Å². The molecule has 2 rings (SSSR count). The zero-order chi connectivity index (χ0) is 18.9. The van der Waals surface area contributed by atoms with Gasteiger partial charge >= 0.3 is 0 Å². The number of anilines is 1. The summed E-state index contributed by atoms with van der Waals surface area (Å²) in [6.45, 7) is 1.14. The fourth-order valence-electron chi connectivity index (χ4n) is 2.78. The van der Waals surface area contributed by atoms with Gasteiger partial charge in [0.25, 0.3) is 0 Å². The predicted octanol–water partition coefficient (Wildman–Crippen LogP) is -1.70. The molecule has 8 N–H and O–H groups in total. The zero-order valence-electron chi connectivity index (χ0n) is 14.4. The fourth-order valence-corrected chi connectivity index (χ4v) is 2.78. The number of rotatable bonds is 8. The van der Waals surface area contributed by atoms with Gasteiger partial charge in [-0.25, -0.2) is 0 Å². The van der Waals surface area contributed by atoms with Gasteiger partial charge in [-0.3, -0.25) is 9.78 Å². The first-order valence-corrected chi connectivity index (χ1v) is 8.40. The van der Waals surface area contributed by atoms with Crippen molar-refractivity contribution in [3.05, 3.63) is 18.5 Å². The number of amides is 1. The van der Waals surface area contributed by atoms with Crippen LogP contribution in [0.4, 0.5) is 5.69 Å². The number of nitriles is 1. The molecule has 0 saturated carbocycles. The van der Waals surface area contributed by atoms with Crippen molar-refractivity contribution in [1.82, 2.24) is 15.6 Å². The summed E-state index contributed by atoms with van der Waals surface area (Å²) in [6.07, 6.45) is 2.09. The maximum atomic E-state index is 12.8. The van der Waals surface area contributed by atoms with Crippen molar-refractivity contribution in [1.29, 1.82) is 5.26 Å². The van der Waals surface area contributed by atoms with Gasteiger partial charge < -0.3 is 37.3 Å². The van der Waals surface area contributed by atoms with Crippen molar-refractivity contribution in [2.24, 2.45) is 23.3 Å². The van der Waals surface area contributed by atoms with E-state index in [9.17, 15) is 4.79 Å². The third kappa shape index (κ3) is 5.35. The molecule has 1 aromatic rings. The molecule has 1 aliphatic heterocycles. The van der Waals surface area contributed by atoms with Crippen LogP contribution in [0.3, 0.4) is 0 Å². The number of carbonyl (C=O) groups is 1. The number of carbonyl (C=O) groups excluding carboxylic acids is 1. The van der Waals surface area contributed by atoms with E-state index in [1.807, 2.05) is 0 Å². The lowest BCUT2D eigenvalue weighted by Crippen LogP contribution is -2.63. The van der Waals surface area contributed by atoms with Gasteiger partial charge in [0.15, 0.2) is 0 Å². The summed E-state index contributed by atoms with van der Waals surface area (Å²) < 4.78 is 5.38. The number of aliphatic hydroxyl groups excluding tert-OH is 1. The molecular formula is C16H25N7O3. The fraction of sp³-hybridized carbons (Fsp3) is 0.562. The lowest BCUT2D eigenvalue weighted by atomic mass is 9.96. The first-order valence-electron chi connectivity index (χ1n) is 8.40. The molecule has 2 heterocycles. The monoisotopic (exact) mass is 363 g/mol. The molecule has 0 aliphatic carbocycles. The largest absolute Gasteiger partial charge is 0.489 e. The summed E-state index contributed by atoms with van der Waals surface area (Å²) in [6, 6.07) is 3.72. The third-order valence-electron chi connectivity index (χ3n) is 4.10. The van der Waals surface area contributed by atoms with E-state index in [2.05, 4.69) is 27.0 Å². The Morgan fingerprint density at radius 2 is 2.23 bits per heavy atom. The van der Waals surface area contributed by atoms with E-state index in [0.717, 1.165) is 0 Å². The summed E-state index contributed by atoms with van der Waals surface area (Å²) in [5.41, 5.74) is 12.0. The Morgan fingerprint density at radius 1 is 1.50 bits per heavy atom. The van der Waals surface area contributed by atoms with Crippen LogP contribution < -0.4 is 32.2 Å². The first kappa shape index (κ1) is 20.0. The second-order valence-electron chi connectivity index (χ2n) is 6.06. The maximum absolute atomic E-state index is 12.8. The Kier molecular flexibility index (Phi) is 7.71. The average molecular weight is 363 g/mol. The van der Waals surface area contributed by atoms with Crippen LogP contribution in [0.2, 0.25) is 0 Å². The van der Waals surface area contributed by atoms with Crippen molar-refractivity contribution in [3.8, 4) is 11.8 Å². The smallest absolute Gasteiger partial charge is 0.233 e. The van der Waals surface area contributed by atoms with E-state index in [1.54, 1.807) is 6.07 Å². The van der Waals surface area contributed by atoms with Gasteiger partial charge in [0, 0.05) is 31.8 Å². The Morgan fingerprint density at radius 3 is 2.85 bits per heavy atom.